The molecule has 1 aliphatic rings. The van der Waals surface area contributed by atoms with Crippen molar-refractivity contribution in [3.63, 3.8) is 0 Å². The van der Waals surface area contributed by atoms with E-state index in [0.717, 1.165) is 30.9 Å². The van der Waals surface area contributed by atoms with E-state index in [4.69, 9.17) is 5.73 Å². The first-order valence-corrected chi connectivity index (χ1v) is 5.55. The molecule has 0 radical (unpaired) electrons. The van der Waals surface area contributed by atoms with E-state index in [1.54, 1.807) is 0 Å². The fourth-order valence-corrected chi connectivity index (χ4v) is 2.16. The fraction of sp³-hybridized carbons (Fsp3) is 0.417. The summed E-state index contributed by atoms with van der Waals surface area (Å²) in [6.45, 7) is 4.01. The Morgan fingerprint density at radius 1 is 1.56 bits per heavy atom. The van der Waals surface area contributed by atoms with Crippen LogP contribution in [0.4, 0.5) is 11.4 Å². The summed E-state index contributed by atoms with van der Waals surface area (Å²) >= 11 is 0. The second-order valence-corrected chi connectivity index (χ2v) is 4.07. The maximum atomic E-state index is 10.8. The van der Waals surface area contributed by atoms with Gasteiger partial charge in [0.1, 0.15) is 0 Å². The Kier molecular flexibility index (Phi) is 2.99. The first-order chi connectivity index (χ1) is 7.68. The van der Waals surface area contributed by atoms with Crippen LogP contribution in [0.25, 0.3) is 0 Å². The molecule has 0 unspecified atom stereocenters. The van der Waals surface area contributed by atoms with Gasteiger partial charge in [0, 0.05) is 26.6 Å². The van der Waals surface area contributed by atoms with Crippen LogP contribution in [0.1, 0.15) is 12.5 Å². The van der Waals surface area contributed by atoms with Crippen molar-refractivity contribution in [2.75, 3.05) is 30.3 Å². The lowest BCUT2D eigenvalue weighted by Crippen LogP contribution is -2.33. The summed E-state index contributed by atoms with van der Waals surface area (Å²) in [5.74, 6) is 0.0143. The number of hydrogen-bond donors (Lipinski definition) is 2. The number of para-hydroxylation sites is 1. The number of nitrogen functional groups attached to an aromatic ring is 1. The lowest BCUT2D eigenvalue weighted by Gasteiger charge is -2.20. The number of amides is 1. The van der Waals surface area contributed by atoms with Gasteiger partial charge in [0.2, 0.25) is 5.91 Å². The number of hydrogen-bond acceptors (Lipinski definition) is 3. The van der Waals surface area contributed by atoms with Gasteiger partial charge in [-0.05, 0) is 18.1 Å². The molecule has 0 saturated heterocycles. The molecular formula is C12H17N3O. The van der Waals surface area contributed by atoms with Gasteiger partial charge in [0.15, 0.2) is 0 Å². The highest BCUT2D eigenvalue weighted by molar-refractivity contribution is 5.75. The van der Waals surface area contributed by atoms with Gasteiger partial charge in [-0.15, -0.1) is 0 Å². The Labute approximate surface area is 95.4 Å². The van der Waals surface area contributed by atoms with E-state index in [0.29, 0.717) is 6.54 Å². The number of fused-ring (bicyclic) bond motifs is 1. The van der Waals surface area contributed by atoms with Crippen molar-refractivity contribution in [3.05, 3.63) is 23.8 Å². The Morgan fingerprint density at radius 2 is 2.38 bits per heavy atom. The average Bonchev–Trinajstić information content (AvgIpc) is 2.62. The zero-order chi connectivity index (χ0) is 11.5. The van der Waals surface area contributed by atoms with Crippen molar-refractivity contribution >= 4 is 17.3 Å². The molecule has 4 nitrogen and oxygen atoms in total. The highest BCUT2D eigenvalue weighted by Crippen LogP contribution is 2.32. The van der Waals surface area contributed by atoms with Crippen LogP contribution in [0.5, 0.6) is 0 Å². The molecule has 0 spiro atoms. The van der Waals surface area contributed by atoms with Gasteiger partial charge in [-0.2, -0.15) is 0 Å². The van der Waals surface area contributed by atoms with Crippen LogP contribution in [0.3, 0.4) is 0 Å². The van der Waals surface area contributed by atoms with Crippen molar-refractivity contribution in [1.29, 1.82) is 0 Å². The summed E-state index contributed by atoms with van der Waals surface area (Å²) in [5, 5.41) is 2.80. The molecule has 0 atom stereocenters. The molecule has 1 heterocycles. The van der Waals surface area contributed by atoms with Crippen LogP contribution in [0, 0.1) is 0 Å². The fourth-order valence-electron chi connectivity index (χ4n) is 2.16. The average molecular weight is 219 g/mol. The van der Waals surface area contributed by atoms with Gasteiger partial charge in [0.05, 0.1) is 11.4 Å². The van der Waals surface area contributed by atoms with Gasteiger partial charge in [-0.25, -0.2) is 0 Å². The monoisotopic (exact) mass is 219 g/mol. The van der Waals surface area contributed by atoms with Crippen molar-refractivity contribution in [1.82, 2.24) is 5.32 Å². The van der Waals surface area contributed by atoms with Crippen molar-refractivity contribution < 1.29 is 4.79 Å². The lowest BCUT2D eigenvalue weighted by molar-refractivity contribution is -0.118. The summed E-state index contributed by atoms with van der Waals surface area (Å²) in [6, 6.07) is 6.03. The van der Waals surface area contributed by atoms with Gasteiger partial charge >= 0.3 is 0 Å². The SMILES string of the molecule is CC(=O)NCCN1CCc2cccc(N)c21. The van der Waals surface area contributed by atoms with Gasteiger partial charge in [-0.3, -0.25) is 4.79 Å². The summed E-state index contributed by atoms with van der Waals surface area (Å²) < 4.78 is 0. The van der Waals surface area contributed by atoms with Crippen LogP contribution in [0.15, 0.2) is 18.2 Å². The number of anilines is 2. The van der Waals surface area contributed by atoms with Crippen LogP contribution >= 0.6 is 0 Å². The second kappa shape index (κ2) is 4.43. The minimum Gasteiger partial charge on any atom is -0.397 e. The second-order valence-electron chi connectivity index (χ2n) is 4.07. The third-order valence-electron chi connectivity index (χ3n) is 2.87. The Balaban J connectivity index is 2.03. The highest BCUT2D eigenvalue weighted by atomic mass is 16.1. The third kappa shape index (κ3) is 2.10. The Bertz CT molecular complexity index is 403. The number of nitrogens with two attached hydrogens (primary N) is 1. The van der Waals surface area contributed by atoms with Crippen LogP contribution < -0.4 is 16.0 Å². The minimum absolute atomic E-state index is 0.0143. The standard InChI is InChI=1S/C12H17N3O/c1-9(16)14-6-8-15-7-5-10-3-2-4-11(13)12(10)15/h2-4H,5-8,13H2,1H3,(H,14,16). The van der Waals surface area contributed by atoms with E-state index in [1.165, 1.54) is 12.5 Å². The molecule has 0 bridgehead atoms. The van der Waals surface area contributed by atoms with E-state index in [9.17, 15) is 4.79 Å². The Hall–Kier alpha value is -1.71. The minimum atomic E-state index is 0.0143. The van der Waals surface area contributed by atoms with Gasteiger partial charge in [-0.1, -0.05) is 12.1 Å². The topological polar surface area (TPSA) is 58.4 Å². The number of carbonyl (C=O) groups is 1. The maximum absolute atomic E-state index is 10.8. The molecule has 1 amide bonds. The molecule has 2 rings (SSSR count). The van der Waals surface area contributed by atoms with E-state index >= 15 is 0 Å². The number of benzene rings is 1. The summed E-state index contributed by atoms with van der Waals surface area (Å²) in [6.07, 6.45) is 1.04. The third-order valence-corrected chi connectivity index (χ3v) is 2.87. The highest BCUT2D eigenvalue weighted by Gasteiger charge is 2.20. The summed E-state index contributed by atoms with van der Waals surface area (Å²) in [4.78, 5) is 13.0. The molecule has 3 N–H and O–H groups in total. The molecule has 1 aromatic carbocycles. The number of rotatable bonds is 3. The predicted octanol–water partition coefficient (Wildman–Crippen LogP) is 0.767. The molecule has 0 fully saturated rings. The zero-order valence-corrected chi connectivity index (χ0v) is 9.49. The molecule has 0 aliphatic carbocycles. The molecule has 4 heteroatoms. The molecule has 0 aromatic heterocycles. The van der Waals surface area contributed by atoms with E-state index in [1.807, 2.05) is 12.1 Å². The first kappa shape index (κ1) is 10.8. The smallest absolute Gasteiger partial charge is 0.216 e. The Morgan fingerprint density at radius 3 is 3.12 bits per heavy atom. The van der Waals surface area contributed by atoms with Crippen LogP contribution in [-0.4, -0.2) is 25.5 Å². The lowest BCUT2D eigenvalue weighted by atomic mass is 10.1. The largest absolute Gasteiger partial charge is 0.397 e. The van der Waals surface area contributed by atoms with Crippen LogP contribution in [0.2, 0.25) is 0 Å². The predicted molar refractivity (Wildman–Crippen MR) is 65.5 cm³/mol. The molecule has 16 heavy (non-hydrogen) atoms. The van der Waals surface area contributed by atoms with E-state index < -0.39 is 0 Å². The van der Waals surface area contributed by atoms with Gasteiger partial charge in [0.25, 0.3) is 0 Å². The molecule has 0 saturated carbocycles. The van der Waals surface area contributed by atoms with E-state index in [2.05, 4.69) is 16.3 Å². The first-order valence-electron chi connectivity index (χ1n) is 5.55. The number of carbonyl (C=O) groups excluding carboxylic acids is 1. The molecular weight excluding hydrogens is 202 g/mol. The van der Waals surface area contributed by atoms with Crippen molar-refractivity contribution in [2.24, 2.45) is 0 Å². The van der Waals surface area contributed by atoms with Gasteiger partial charge < -0.3 is 16.0 Å². The summed E-state index contributed by atoms with van der Waals surface area (Å²) in [5.41, 5.74) is 9.25. The molecule has 1 aliphatic heterocycles. The number of nitrogens with zero attached hydrogens (tertiary/aromatic N) is 1. The normalized spacial score (nSPS) is 13.7. The van der Waals surface area contributed by atoms with Crippen molar-refractivity contribution in [2.45, 2.75) is 13.3 Å². The molecule has 1 aromatic rings. The van der Waals surface area contributed by atoms with Crippen LogP contribution in [-0.2, 0) is 11.2 Å². The van der Waals surface area contributed by atoms with Crippen molar-refractivity contribution in [3.8, 4) is 0 Å². The quantitative estimate of drug-likeness (QED) is 0.738. The zero-order valence-electron chi connectivity index (χ0n) is 9.49. The van der Waals surface area contributed by atoms with E-state index in [-0.39, 0.29) is 5.91 Å². The summed E-state index contributed by atoms with van der Waals surface area (Å²) in [7, 11) is 0. The number of nitrogens with one attached hydrogen (secondary N) is 1. The maximum Gasteiger partial charge on any atom is 0.216 e. The molecule has 86 valence electrons.